The molecule has 3 rings (SSSR count). The summed E-state index contributed by atoms with van der Waals surface area (Å²) in [5.41, 5.74) is 2.95. The van der Waals surface area contributed by atoms with Crippen molar-refractivity contribution in [1.29, 1.82) is 0 Å². The first-order valence-electron chi connectivity index (χ1n) is 8.09. The average molecular weight is 367 g/mol. The average Bonchev–Trinajstić information content (AvgIpc) is 2.79. The van der Waals surface area contributed by atoms with Crippen LogP contribution in [0.2, 0.25) is 0 Å². The predicted octanol–water partition coefficient (Wildman–Crippen LogP) is 2.25. The molecule has 2 heterocycles. The fraction of sp³-hybridized carbons (Fsp3) is 0.471. The number of hydrogen-bond donors (Lipinski definition) is 0. The lowest BCUT2D eigenvalue weighted by atomic mass is 10.0. The molecule has 1 atom stereocenters. The van der Waals surface area contributed by atoms with Crippen LogP contribution in [0.25, 0.3) is 0 Å². The number of nitrogens with zero attached hydrogens (tertiary/aromatic N) is 3. The molecule has 25 heavy (non-hydrogen) atoms. The van der Waals surface area contributed by atoms with Gasteiger partial charge in [-0.15, -0.1) is 0 Å². The summed E-state index contributed by atoms with van der Waals surface area (Å²) in [6.07, 6.45) is 0. The molecule has 0 N–H and O–H groups in total. The van der Waals surface area contributed by atoms with Gasteiger partial charge in [-0.1, -0.05) is 0 Å². The van der Waals surface area contributed by atoms with Gasteiger partial charge in [0.15, 0.2) is 0 Å². The molecule has 0 aliphatic carbocycles. The van der Waals surface area contributed by atoms with Gasteiger partial charge in [0.1, 0.15) is 5.82 Å². The summed E-state index contributed by atoms with van der Waals surface area (Å²) in [4.78, 5) is 0.125. The zero-order valence-electron chi connectivity index (χ0n) is 14.8. The van der Waals surface area contributed by atoms with Crippen LogP contribution in [0.4, 0.5) is 4.39 Å². The Kier molecular flexibility index (Phi) is 4.70. The highest BCUT2D eigenvalue weighted by Crippen LogP contribution is 2.34. The third-order valence-corrected chi connectivity index (χ3v) is 6.77. The van der Waals surface area contributed by atoms with Crippen molar-refractivity contribution in [3.63, 3.8) is 0 Å². The Bertz CT molecular complexity index is 908. The first-order chi connectivity index (χ1) is 11.7. The molecule has 8 heteroatoms. The maximum absolute atomic E-state index is 13.4. The molecule has 6 nitrogen and oxygen atoms in total. The van der Waals surface area contributed by atoms with Crippen molar-refractivity contribution in [1.82, 2.24) is 14.1 Å². The van der Waals surface area contributed by atoms with Gasteiger partial charge in [-0.3, -0.25) is 4.68 Å². The highest BCUT2D eigenvalue weighted by Gasteiger charge is 2.38. The minimum Gasteiger partial charge on any atom is -0.378 e. The fourth-order valence-corrected chi connectivity index (χ4v) is 5.18. The van der Waals surface area contributed by atoms with Crippen LogP contribution in [-0.4, -0.2) is 42.3 Å². The van der Waals surface area contributed by atoms with Crippen molar-refractivity contribution in [2.75, 3.05) is 19.8 Å². The summed E-state index contributed by atoms with van der Waals surface area (Å²) in [5, 5.41) is 4.39. The van der Waals surface area contributed by atoms with Crippen LogP contribution in [0, 0.1) is 26.6 Å². The monoisotopic (exact) mass is 367 g/mol. The second-order valence-electron chi connectivity index (χ2n) is 6.32. The molecule has 1 aromatic carbocycles. The number of benzene rings is 1. The normalized spacial score (nSPS) is 19.3. The van der Waals surface area contributed by atoms with Gasteiger partial charge in [0.2, 0.25) is 10.0 Å². The highest BCUT2D eigenvalue weighted by atomic mass is 32.2. The van der Waals surface area contributed by atoms with E-state index in [2.05, 4.69) is 5.10 Å². The first-order valence-corrected chi connectivity index (χ1v) is 9.53. The summed E-state index contributed by atoms with van der Waals surface area (Å²) < 4.78 is 48.7. The van der Waals surface area contributed by atoms with Gasteiger partial charge in [-0.2, -0.15) is 9.40 Å². The molecule has 0 spiro atoms. The third kappa shape index (κ3) is 3.09. The van der Waals surface area contributed by atoms with Gasteiger partial charge >= 0.3 is 0 Å². The summed E-state index contributed by atoms with van der Waals surface area (Å²) in [7, 11) is -1.95. The molecule has 0 radical (unpaired) electrons. The van der Waals surface area contributed by atoms with Crippen molar-refractivity contribution >= 4 is 10.0 Å². The zero-order chi connectivity index (χ0) is 18.4. The number of ether oxygens (including phenoxy) is 1. The minimum absolute atomic E-state index is 0.125. The Labute approximate surface area is 147 Å². The standard InChI is InChI=1S/C17H22FN3O3S/c1-11-9-14(18)5-6-16(11)25(22,23)21-7-8-24-10-15(21)17-12(2)19-20(4)13(17)3/h5-6,9,15H,7-8,10H2,1-4H3/t15-/m0/s1. The van der Waals surface area contributed by atoms with Gasteiger partial charge in [0, 0.05) is 24.8 Å². The molecule has 0 amide bonds. The molecular weight excluding hydrogens is 345 g/mol. The summed E-state index contributed by atoms with van der Waals surface area (Å²) in [5.74, 6) is -0.450. The van der Waals surface area contributed by atoms with Crippen LogP contribution in [-0.2, 0) is 21.8 Å². The van der Waals surface area contributed by atoms with E-state index in [1.165, 1.54) is 22.5 Å². The zero-order valence-corrected chi connectivity index (χ0v) is 15.6. The van der Waals surface area contributed by atoms with E-state index >= 15 is 0 Å². The van der Waals surface area contributed by atoms with Gasteiger partial charge in [-0.25, -0.2) is 12.8 Å². The van der Waals surface area contributed by atoms with Crippen LogP contribution in [0.15, 0.2) is 23.1 Å². The Morgan fingerprint density at radius 2 is 2.00 bits per heavy atom. The Morgan fingerprint density at radius 1 is 1.28 bits per heavy atom. The smallest absolute Gasteiger partial charge is 0.244 e. The molecule has 0 unspecified atom stereocenters. The van der Waals surface area contributed by atoms with E-state index in [4.69, 9.17) is 4.74 Å². The molecule has 1 aliphatic heterocycles. The van der Waals surface area contributed by atoms with Crippen LogP contribution in [0.1, 0.15) is 28.6 Å². The van der Waals surface area contributed by atoms with Gasteiger partial charge < -0.3 is 4.74 Å². The topological polar surface area (TPSA) is 64.4 Å². The predicted molar refractivity (Wildman–Crippen MR) is 91.3 cm³/mol. The van der Waals surface area contributed by atoms with E-state index in [0.717, 1.165) is 17.0 Å². The number of hydrogen-bond acceptors (Lipinski definition) is 4. The molecule has 0 saturated carbocycles. The second-order valence-corrected chi connectivity index (χ2v) is 8.18. The number of sulfonamides is 1. The Hall–Kier alpha value is -1.77. The number of aryl methyl sites for hydroxylation is 3. The van der Waals surface area contributed by atoms with E-state index in [0.29, 0.717) is 12.2 Å². The molecule has 2 aromatic rings. The Balaban J connectivity index is 2.09. The molecule has 136 valence electrons. The minimum atomic E-state index is -3.78. The largest absolute Gasteiger partial charge is 0.378 e. The maximum Gasteiger partial charge on any atom is 0.244 e. The van der Waals surface area contributed by atoms with Crippen molar-refractivity contribution in [2.24, 2.45) is 7.05 Å². The summed E-state index contributed by atoms with van der Waals surface area (Å²) in [6.45, 7) is 6.23. The lowest BCUT2D eigenvalue weighted by Crippen LogP contribution is -2.43. The third-order valence-electron chi connectivity index (χ3n) is 4.70. The molecule has 0 bridgehead atoms. The van der Waals surface area contributed by atoms with Crippen molar-refractivity contribution in [3.05, 3.63) is 46.5 Å². The second kappa shape index (κ2) is 6.51. The van der Waals surface area contributed by atoms with E-state index in [-0.39, 0.29) is 18.0 Å². The first kappa shape index (κ1) is 18.0. The number of aromatic nitrogens is 2. The summed E-state index contributed by atoms with van der Waals surface area (Å²) in [6, 6.07) is 3.30. The maximum atomic E-state index is 13.4. The number of morpholine rings is 1. The molecule has 1 fully saturated rings. The van der Waals surface area contributed by atoms with E-state index in [1.54, 1.807) is 11.6 Å². The van der Waals surface area contributed by atoms with E-state index in [9.17, 15) is 12.8 Å². The summed E-state index contributed by atoms with van der Waals surface area (Å²) >= 11 is 0. The molecule has 1 aromatic heterocycles. The SMILES string of the molecule is Cc1cc(F)ccc1S(=O)(=O)N1CCOC[C@H]1c1c(C)nn(C)c1C. The quantitative estimate of drug-likeness (QED) is 0.835. The molecular formula is C17H22FN3O3S. The molecule has 1 aliphatic rings. The van der Waals surface area contributed by atoms with Crippen molar-refractivity contribution in [2.45, 2.75) is 31.7 Å². The lowest BCUT2D eigenvalue weighted by Gasteiger charge is -2.35. The van der Waals surface area contributed by atoms with Crippen LogP contribution in [0.3, 0.4) is 0 Å². The van der Waals surface area contributed by atoms with Gasteiger partial charge in [0.25, 0.3) is 0 Å². The van der Waals surface area contributed by atoms with Crippen LogP contribution >= 0.6 is 0 Å². The number of halogens is 1. The van der Waals surface area contributed by atoms with Crippen LogP contribution < -0.4 is 0 Å². The van der Waals surface area contributed by atoms with Crippen molar-refractivity contribution in [3.8, 4) is 0 Å². The van der Waals surface area contributed by atoms with Crippen LogP contribution in [0.5, 0.6) is 0 Å². The van der Waals surface area contributed by atoms with Gasteiger partial charge in [-0.05, 0) is 44.5 Å². The lowest BCUT2D eigenvalue weighted by molar-refractivity contribution is 0.0316. The van der Waals surface area contributed by atoms with E-state index in [1.807, 2.05) is 20.9 Å². The number of rotatable bonds is 3. The van der Waals surface area contributed by atoms with Gasteiger partial charge in [0.05, 0.1) is 29.8 Å². The fourth-order valence-electron chi connectivity index (χ4n) is 3.40. The Morgan fingerprint density at radius 3 is 2.60 bits per heavy atom. The van der Waals surface area contributed by atoms with E-state index < -0.39 is 21.9 Å². The van der Waals surface area contributed by atoms with Crippen molar-refractivity contribution < 1.29 is 17.5 Å². The molecule has 1 saturated heterocycles. The highest BCUT2D eigenvalue weighted by molar-refractivity contribution is 7.89.